The molecule has 1 aliphatic carbocycles. The third kappa shape index (κ3) is 2.56. The Kier molecular flexibility index (Phi) is 3.89. The van der Waals surface area contributed by atoms with Gasteiger partial charge in [0.1, 0.15) is 0 Å². The maximum atomic E-state index is 12.3. The predicted octanol–water partition coefficient (Wildman–Crippen LogP) is 1.74. The third-order valence-corrected chi connectivity index (χ3v) is 6.13. The lowest BCUT2D eigenvalue weighted by molar-refractivity contribution is 0.296. The Morgan fingerprint density at radius 3 is 2.76 bits per heavy atom. The van der Waals surface area contributed by atoms with Gasteiger partial charge in [-0.05, 0) is 18.9 Å². The number of aromatic amines is 1. The van der Waals surface area contributed by atoms with Crippen LogP contribution in [0.4, 0.5) is 0 Å². The molecule has 1 saturated carbocycles. The minimum absolute atomic E-state index is 0.0250. The quantitative estimate of drug-likeness (QED) is 0.862. The van der Waals surface area contributed by atoms with E-state index in [0.29, 0.717) is 0 Å². The van der Waals surface area contributed by atoms with Gasteiger partial charge in [-0.3, -0.25) is 5.10 Å². The van der Waals surface area contributed by atoms with Crippen LogP contribution in [0.1, 0.15) is 25.7 Å². The lowest BCUT2D eigenvalue weighted by Gasteiger charge is -2.33. The van der Waals surface area contributed by atoms with E-state index in [4.69, 9.17) is 0 Å². The first-order valence-electron chi connectivity index (χ1n) is 5.65. The molecule has 1 aromatic rings. The number of hydrogen-bond acceptors (Lipinski definition) is 3. The van der Waals surface area contributed by atoms with Crippen LogP contribution < -0.4 is 0 Å². The van der Waals surface area contributed by atoms with Gasteiger partial charge in [-0.15, -0.1) is 0 Å². The third-order valence-electron chi connectivity index (χ3n) is 3.25. The monoisotopic (exact) mass is 321 g/mol. The van der Waals surface area contributed by atoms with E-state index in [1.165, 1.54) is 16.6 Å². The number of aromatic nitrogens is 2. The van der Waals surface area contributed by atoms with Gasteiger partial charge in [-0.25, -0.2) is 8.42 Å². The molecular formula is C10H16BrN3O2S. The highest BCUT2D eigenvalue weighted by atomic mass is 79.9. The average Bonchev–Trinajstić information content (AvgIpc) is 2.83. The van der Waals surface area contributed by atoms with Crippen LogP contribution in [0.25, 0.3) is 0 Å². The smallest absolute Gasteiger partial charge is 0.260 e. The van der Waals surface area contributed by atoms with Crippen molar-refractivity contribution in [2.24, 2.45) is 0 Å². The van der Waals surface area contributed by atoms with E-state index in [9.17, 15) is 8.42 Å². The van der Waals surface area contributed by atoms with E-state index in [0.717, 1.165) is 25.7 Å². The molecule has 5 nitrogen and oxygen atoms in total. The van der Waals surface area contributed by atoms with Gasteiger partial charge < -0.3 is 0 Å². The van der Waals surface area contributed by atoms with Gasteiger partial charge in [0.2, 0.25) is 0 Å². The van der Waals surface area contributed by atoms with Crippen molar-refractivity contribution >= 4 is 26.0 Å². The first-order chi connectivity index (χ1) is 8.03. The van der Waals surface area contributed by atoms with Crippen molar-refractivity contribution in [1.29, 1.82) is 0 Å². The first kappa shape index (κ1) is 13.0. The molecule has 7 heteroatoms. The number of H-pyrrole nitrogens is 1. The predicted molar refractivity (Wildman–Crippen MR) is 68.5 cm³/mol. The fourth-order valence-electron chi connectivity index (χ4n) is 2.20. The molecule has 1 aliphatic rings. The van der Waals surface area contributed by atoms with E-state index in [-0.39, 0.29) is 15.9 Å². The van der Waals surface area contributed by atoms with Crippen LogP contribution in [0.5, 0.6) is 0 Å². The van der Waals surface area contributed by atoms with Gasteiger partial charge in [0.25, 0.3) is 10.0 Å². The van der Waals surface area contributed by atoms with E-state index < -0.39 is 10.0 Å². The summed E-state index contributed by atoms with van der Waals surface area (Å²) in [6.45, 7) is 0. The first-order valence-corrected chi connectivity index (χ1v) is 8.00. The molecule has 1 aromatic heterocycles. The average molecular weight is 322 g/mol. The summed E-state index contributed by atoms with van der Waals surface area (Å²) in [7, 11) is -1.80. The SMILES string of the molecule is CN(C1CCCCC1Br)S(=O)(=O)c1ccn[nH]1. The molecule has 2 rings (SSSR count). The molecule has 0 radical (unpaired) electrons. The highest BCUT2D eigenvalue weighted by molar-refractivity contribution is 9.09. The summed E-state index contributed by atoms with van der Waals surface area (Å²) in [6, 6.07) is 1.51. The van der Waals surface area contributed by atoms with Crippen LogP contribution >= 0.6 is 15.9 Å². The van der Waals surface area contributed by atoms with Crippen molar-refractivity contribution in [1.82, 2.24) is 14.5 Å². The second-order valence-electron chi connectivity index (χ2n) is 4.31. The molecule has 1 N–H and O–H groups in total. The van der Waals surface area contributed by atoms with Crippen LogP contribution in [0.2, 0.25) is 0 Å². The van der Waals surface area contributed by atoms with Crippen molar-refractivity contribution in [3.8, 4) is 0 Å². The number of nitrogens with one attached hydrogen (secondary N) is 1. The molecule has 2 atom stereocenters. The fourth-order valence-corrected chi connectivity index (χ4v) is 4.61. The van der Waals surface area contributed by atoms with E-state index in [1.54, 1.807) is 7.05 Å². The second-order valence-corrected chi connectivity index (χ2v) is 7.45. The number of nitrogens with zero attached hydrogens (tertiary/aromatic N) is 2. The highest BCUT2D eigenvalue weighted by Gasteiger charge is 2.34. The number of halogens is 1. The summed E-state index contributed by atoms with van der Waals surface area (Å²) in [5.41, 5.74) is 0. The standard InChI is InChI=1S/C10H16BrN3O2S/c1-14(9-5-3-2-4-8(9)11)17(15,16)10-6-7-12-13-10/h6-9H,2-5H2,1H3,(H,12,13). The zero-order valence-electron chi connectivity index (χ0n) is 9.63. The largest absolute Gasteiger partial charge is 0.266 e. The van der Waals surface area contributed by atoms with Gasteiger partial charge in [0.15, 0.2) is 5.03 Å². The summed E-state index contributed by atoms with van der Waals surface area (Å²) >= 11 is 3.58. The zero-order chi connectivity index (χ0) is 12.5. The summed E-state index contributed by atoms with van der Waals surface area (Å²) in [4.78, 5) is 0.235. The maximum absolute atomic E-state index is 12.3. The Morgan fingerprint density at radius 1 is 1.47 bits per heavy atom. The Balaban J connectivity index is 2.22. The van der Waals surface area contributed by atoms with Gasteiger partial charge in [0.05, 0.1) is 6.20 Å². The van der Waals surface area contributed by atoms with E-state index in [1.807, 2.05) is 0 Å². The Hall–Kier alpha value is -0.400. The van der Waals surface area contributed by atoms with Gasteiger partial charge in [-0.1, -0.05) is 28.8 Å². The summed E-state index contributed by atoms with van der Waals surface area (Å²) < 4.78 is 26.0. The minimum Gasteiger partial charge on any atom is -0.266 e. The molecule has 1 fully saturated rings. The summed E-state index contributed by atoms with van der Waals surface area (Å²) in [5.74, 6) is 0. The molecule has 96 valence electrons. The van der Waals surface area contributed by atoms with Crippen LogP contribution in [0.3, 0.4) is 0 Å². The molecule has 2 unspecified atom stereocenters. The van der Waals surface area contributed by atoms with Gasteiger partial charge in [0, 0.05) is 17.9 Å². The highest BCUT2D eigenvalue weighted by Crippen LogP contribution is 2.30. The van der Waals surface area contributed by atoms with Crippen LogP contribution in [-0.2, 0) is 10.0 Å². The Bertz CT molecular complexity index is 460. The maximum Gasteiger partial charge on any atom is 0.260 e. The molecule has 0 aromatic carbocycles. The second kappa shape index (κ2) is 5.07. The van der Waals surface area contributed by atoms with Crippen molar-refractivity contribution < 1.29 is 8.42 Å². The van der Waals surface area contributed by atoms with Crippen molar-refractivity contribution in [2.45, 2.75) is 41.6 Å². The van der Waals surface area contributed by atoms with Crippen molar-refractivity contribution in [3.63, 3.8) is 0 Å². The molecule has 0 bridgehead atoms. The fraction of sp³-hybridized carbons (Fsp3) is 0.700. The lowest BCUT2D eigenvalue weighted by Crippen LogP contribution is -2.44. The molecule has 0 saturated heterocycles. The topological polar surface area (TPSA) is 66.1 Å². The Morgan fingerprint density at radius 2 is 2.18 bits per heavy atom. The molecule has 17 heavy (non-hydrogen) atoms. The minimum atomic E-state index is -3.44. The molecule has 0 spiro atoms. The van der Waals surface area contributed by atoms with Crippen LogP contribution in [0.15, 0.2) is 17.3 Å². The van der Waals surface area contributed by atoms with Crippen LogP contribution in [-0.4, -0.2) is 40.8 Å². The molecule has 1 heterocycles. The molecule has 0 amide bonds. The number of hydrogen-bond donors (Lipinski definition) is 1. The molecular weight excluding hydrogens is 306 g/mol. The molecule has 0 aliphatic heterocycles. The van der Waals surface area contributed by atoms with Crippen molar-refractivity contribution in [2.75, 3.05) is 7.05 Å². The lowest BCUT2D eigenvalue weighted by atomic mass is 9.96. The van der Waals surface area contributed by atoms with E-state index in [2.05, 4.69) is 26.1 Å². The van der Waals surface area contributed by atoms with Crippen molar-refractivity contribution in [3.05, 3.63) is 12.3 Å². The number of sulfonamides is 1. The van der Waals surface area contributed by atoms with Crippen LogP contribution in [0, 0.1) is 0 Å². The summed E-state index contributed by atoms with van der Waals surface area (Å²) in [5, 5.41) is 6.37. The normalized spacial score (nSPS) is 26.3. The summed E-state index contributed by atoms with van der Waals surface area (Å²) in [6.07, 6.45) is 5.61. The Labute approximate surface area is 110 Å². The van der Waals surface area contributed by atoms with Gasteiger partial charge in [-0.2, -0.15) is 9.40 Å². The number of rotatable bonds is 3. The van der Waals surface area contributed by atoms with Gasteiger partial charge >= 0.3 is 0 Å². The van der Waals surface area contributed by atoms with E-state index >= 15 is 0 Å². The number of alkyl halides is 1. The zero-order valence-corrected chi connectivity index (χ0v) is 12.0.